The molecule has 0 aliphatic carbocycles. The zero-order chi connectivity index (χ0) is 38.7. The van der Waals surface area contributed by atoms with Crippen LogP contribution < -0.4 is 0 Å². The highest BCUT2D eigenvalue weighted by molar-refractivity contribution is 6.13. The molecule has 3 heterocycles. The Morgan fingerprint density at radius 2 is 1.00 bits per heavy atom. The van der Waals surface area contributed by atoms with E-state index in [4.69, 9.17) is 15.0 Å². The Morgan fingerprint density at radius 3 is 1.69 bits per heavy atom. The van der Waals surface area contributed by atoms with Crippen LogP contribution in [0.4, 0.5) is 0 Å². The van der Waals surface area contributed by atoms with Crippen LogP contribution in [0.3, 0.4) is 0 Å². The van der Waals surface area contributed by atoms with Crippen molar-refractivity contribution in [3.05, 3.63) is 207 Å². The molecule has 0 aliphatic heterocycles. The van der Waals surface area contributed by atoms with Gasteiger partial charge in [-0.05, 0) is 81.2 Å². The van der Waals surface area contributed by atoms with Crippen molar-refractivity contribution >= 4 is 70.7 Å². The van der Waals surface area contributed by atoms with E-state index in [1.54, 1.807) is 12.2 Å². The SMILES string of the molecule is C=CC=C(C=C)c1nc(-c2ccccc2)nc(-n2c3ccccc3c3cc(-c4ccc5c(c4)c4ccccc4n5-c4ccc5ccc6ccccc6c5c4)ccc32)n1. The van der Waals surface area contributed by atoms with Crippen LogP contribution in [0, 0.1) is 0 Å². The summed E-state index contributed by atoms with van der Waals surface area (Å²) in [7, 11) is 0. The Balaban J connectivity index is 1.08. The van der Waals surface area contributed by atoms with Gasteiger partial charge >= 0.3 is 0 Å². The highest BCUT2D eigenvalue weighted by Crippen LogP contribution is 2.39. The average Bonchev–Trinajstić information content (AvgIpc) is 3.80. The van der Waals surface area contributed by atoms with Gasteiger partial charge in [-0.2, -0.15) is 9.97 Å². The second-order valence-electron chi connectivity index (χ2n) is 14.6. The van der Waals surface area contributed by atoms with E-state index in [2.05, 4.69) is 162 Å². The molecule has 0 fully saturated rings. The van der Waals surface area contributed by atoms with Gasteiger partial charge in [-0.3, -0.25) is 4.57 Å². The predicted octanol–water partition coefficient (Wildman–Crippen LogP) is 13.5. The summed E-state index contributed by atoms with van der Waals surface area (Å²) in [5.74, 6) is 1.66. The van der Waals surface area contributed by atoms with E-state index in [1.807, 2.05) is 36.4 Å². The molecule has 0 bridgehead atoms. The van der Waals surface area contributed by atoms with E-state index in [0.717, 1.165) is 49.8 Å². The second-order valence-corrected chi connectivity index (χ2v) is 14.6. The molecule has 0 N–H and O–H groups in total. The van der Waals surface area contributed by atoms with Crippen LogP contribution in [0.2, 0.25) is 0 Å². The molecule has 0 radical (unpaired) electrons. The maximum Gasteiger partial charge on any atom is 0.238 e. The number of hydrogen-bond acceptors (Lipinski definition) is 3. The molecule has 3 aromatic heterocycles. The molecule has 0 aliphatic rings. The van der Waals surface area contributed by atoms with Gasteiger partial charge in [-0.1, -0.05) is 153 Å². The molecule has 0 spiro atoms. The summed E-state index contributed by atoms with van der Waals surface area (Å²) >= 11 is 0. The zero-order valence-corrected chi connectivity index (χ0v) is 31.5. The van der Waals surface area contributed by atoms with Crippen LogP contribution in [-0.4, -0.2) is 24.1 Å². The topological polar surface area (TPSA) is 48.5 Å². The maximum atomic E-state index is 5.08. The second kappa shape index (κ2) is 13.4. The molecule has 0 unspecified atom stereocenters. The van der Waals surface area contributed by atoms with Crippen LogP contribution >= 0.6 is 0 Å². The Bertz CT molecular complexity index is 3490. The summed E-state index contributed by atoms with van der Waals surface area (Å²) in [6.07, 6.45) is 5.35. The molecular formula is C53H35N5. The molecule has 58 heavy (non-hydrogen) atoms. The minimum Gasteiger partial charge on any atom is -0.309 e. The molecule has 8 aromatic carbocycles. The summed E-state index contributed by atoms with van der Waals surface area (Å²) in [5, 5.41) is 9.68. The number of rotatable bonds is 7. The fourth-order valence-electron chi connectivity index (χ4n) is 8.60. The van der Waals surface area contributed by atoms with Crippen molar-refractivity contribution in [1.29, 1.82) is 0 Å². The molecular weight excluding hydrogens is 707 g/mol. The zero-order valence-electron chi connectivity index (χ0n) is 31.5. The fourth-order valence-corrected chi connectivity index (χ4v) is 8.60. The van der Waals surface area contributed by atoms with Gasteiger partial charge in [0, 0.05) is 38.4 Å². The first-order chi connectivity index (χ1) is 28.7. The van der Waals surface area contributed by atoms with E-state index in [0.29, 0.717) is 17.6 Å². The number of para-hydroxylation sites is 2. The number of fused-ring (bicyclic) bond motifs is 9. The first kappa shape index (κ1) is 33.4. The smallest absolute Gasteiger partial charge is 0.238 e. The Kier molecular flexibility index (Phi) is 7.73. The van der Waals surface area contributed by atoms with E-state index >= 15 is 0 Å². The van der Waals surface area contributed by atoms with Crippen molar-refractivity contribution in [3.8, 4) is 34.2 Å². The Labute approximate surface area is 334 Å². The van der Waals surface area contributed by atoms with Gasteiger partial charge in [0.25, 0.3) is 0 Å². The number of aromatic nitrogens is 5. The van der Waals surface area contributed by atoms with Gasteiger partial charge in [0.15, 0.2) is 11.6 Å². The molecule has 5 nitrogen and oxygen atoms in total. The highest BCUT2D eigenvalue weighted by Gasteiger charge is 2.19. The normalized spacial score (nSPS) is 12.0. The van der Waals surface area contributed by atoms with Crippen molar-refractivity contribution in [2.75, 3.05) is 0 Å². The Hall–Kier alpha value is -7.89. The van der Waals surface area contributed by atoms with Crippen molar-refractivity contribution in [3.63, 3.8) is 0 Å². The lowest BCUT2D eigenvalue weighted by Gasteiger charge is -2.12. The molecule has 11 rings (SSSR count). The van der Waals surface area contributed by atoms with Crippen molar-refractivity contribution < 1.29 is 0 Å². The van der Waals surface area contributed by atoms with Gasteiger partial charge < -0.3 is 4.57 Å². The van der Waals surface area contributed by atoms with Crippen LogP contribution in [0.1, 0.15) is 5.82 Å². The maximum absolute atomic E-state index is 5.08. The standard InChI is InChI=1S/C53H35N5/c1-3-14-34(4-2)51-54-52(37-16-6-5-7-17-37)56-53(55-51)58-48-22-13-11-20-43(48)46-32-39(27-30-50(46)58)38-26-29-49-45(31-38)42-19-10-12-21-47(42)57(49)40-28-25-36-24-23-35-15-8-9-18-41(35)44(36)33-40/h3-33H,1-2H2. The lowest BCUT2D eigenvalue weighted by atomic mass is 10.0. The first-order valence-electron chi connectivity index (χ1n) is 19.4. The minimum absolute atomic E-state index is 0.533. The van der Waals surface area contributed by atoms with Crippen LogP contribution in [-0.2, 0) is 0 Å². The highest BCUT2D eigenvalue weighted by atomic mass is 15.2. The van der Waals surface area contributed by atoms with Crippen molar-refractivity contribution in [2.24, 2.45) is 0 Å². The van der Waals surface area contributed by atoms with Crippen LogP contribution in [0.5, 0.6) is 0 Å². The molecule has 0 saturated carbocycles. The monoisotopic (exact) mass is 741 g/mol. The van der Waals surface area contributed by atoms with E-state index in [-0.39, 0.29) is 0 Å². The third kappa shape index (κ3) is 5.29. The number of hydrogen-bond donors (Lipinski definition) is 0. The predicted molar refractivity (Wildman–Crippen MR) is 243 cm³/mol. The van der Waals surface area contributed by atoms with Gasteiger partial charge in [-0.25, -0.2) is 4.98 Å². The molecule has 0 saturated heterocycles. The van der Waals surface area contributed by atoms with Crippen molar-refractivity contribution in [1.82, 2.24) is 24.1 Å². The summed E-state index contributed by atoms with van der Waals surface area (Å²) in [6, 6.07) is 60.7. The van der Waals surface area contributed by atoms with Gasteiger partial charge in [0.1, 0.15) is 0 Å². The molecule has 272 valence electrons. The van der Waals surface area contributed by atoms with Gasteiger partial charge in [0.2, 0.25) is 5.95 Å². The first-order valence-corrected chi connectivity index (χ1v) is 19.4. The largest absolute Gasteiger partial charge is 0.309 e. The minimum atomic E-state index is 0.533. The summed E-state index contributed by atoms with van der Waals surface area (Å²) < 4.78 is 4.55. The quantitative estimate of drug-likeness (QED) is 0.121. The molecule has 0 amide bonds. The summed E-state index contributed by atoms with van der Waals surface area (Å²) in [6.45, 7) is 7.94. The lowest BCUT2D eigenvalue weighted by molar-refractivity contribution is 0.932. The number of nitrogens with zero attached hydrogens (tertiary/aromatic N) is 5. The Morgan fingerprint density at radius 1 is 0.431 bits per heavy atom. The fraction of sp³-hybridized carbons (Fsp3) is 0. The van der Waals surface area contributed by atoms with Gasteiger partial charge in [0.05, 0.1) is 22.1 Å². The summed E-state index contributed by atoms with van der Waals surface area (Å²) in [4.78, 5) is 15.0. The number of allylic oxidation sites excluding steroid dienone is 4. The van der Waals surface area contributed by atoms with E-state index in [1.165, 1.54) is 43.4 Å². The van der Waals surface area contributed by atoms with Crippen molar-refractivity contribution in [2.45, 2.75) is 0 Å². The summed E-state index contributed by atoms with van der Waals surface area (Å²) in [5.41, 5.74) is 9.49. The molecule has 11 aromatic rings. The number of benzene rings is 8. The lowest BCUT2D eigenvalue weighted by Crippen LogP contribution is -2.07. The van der Waals surface area contributed by atoms with E-state index < -0.39 is 0 Å². The average molecular weight is 742 g/mol. The van der Waals surface area contributed by atoms with Gasteiger partial charge in [-0.15, -0.1) is 0 Å². The van der Waals surface area contributed by atoms with Crippen LogP contribution in [0.15, 0.2) is 201 Å². The third-order valence-electron chi connectivity index (χ3n) is 11.3. The molecule has 0 atom stereocenters. The third-order valence-corrected chi connectivity index (χ3v) is 11.3. The van der Waals surface area contributed by atoms with Crippen LogP contribution in [0.25, 0.3) is 105 Å². The van der Waals surface area contributed by atoms with E-state index in [9.17, 15) is 0 Å². The molecule has 5 heteroatoms.